The van der Waals surface area contributed by atoms with Crippen LogP contribution in [0.5, 0.6) is 0 Å². The minimum Gasteiger partial charge on any atom is -0.457 e. The second kappa shape index (κ2) is 43.2. The minimum absolute atomic E-state index is 0.197. The van der Waals surface area contributed by atoms with Crippen LogP contribution in [0.1, 0.15) is 155 Å². The van der Waals surface area contributed by atoms with E-state index in [-0.39, 0.29) is 19.2 Å². The Bertz CT molecular complexity index is 1010. The summed E-state index contributed by atoms with van der Waals surface area (Å²) in [6.45, 7) is 5.01. The SMILES string of the molecule is CC/C=C\C/C=C\C/C=C\C/C=C\C/C=C\C/C=C\CCCCCOCC(CO)OC(=O)CCCCCCCCC/C=C\C/C=C\C/C=C\CC. The highest BCUT2D eigenvalue weighted by atomic mass is 16.6. The molecule has 0 saturated heterocycles. The number of carbonyl (C=O) groups excluding carboxylic acids is 1. The molecule has 1 N–H and O–H groups in total. The molecular formula is C47H76O4. The lowest BCUT2D eigenvalue weighted by Crippen LogP contribution is -2.27. The maximum absolute atomic E-state index is 12.2. The molecule has 0 amide bonds. The second-order valence-corrected chi connectivity index (χ2v) is 12.9. The monoisotopic (exact) mass is 705 g/mol. The second-order valence-electron chi connectivity index (χ2n) is 12.9. The van der Waals surface area contributed by atoms with Crippen LogP contribution in [0.2, 0.25) is 0 Å². The number of carbonyl (C=O) groups is 1. The highest BCUT2D eigenvalue weighted by Gasteiger charge is 2.13. The maximum atomic E-state index is 12.2. The summed E-state index contributed by atoms with van der Waals surface area (Å²) in [5.74, 6) is -0.229. The summed E-state index contributed by atoms with van der Waals surface area (Å²) in [6, 6.07) is 0. The van der Waals surface area contributed by atoms with Crippen LogP contribution in [0.15, 0.2) is 109 Å². The molecule has 0 aliphatic heterocycles. The van der Waals surface area contributed by atoms with Gasteiger partial charge < -0.3 is 14.6 Å². The van der Waals surface area contributed by atoms with Crippen LogP contribution in [0.3, 0.4) is 0 Å². The third kappa shape index (κ3) is 41.4. The van der Waals surface area contributed by atoms with Gasteiger partial charge in [0.05, 0.1) is 13.2 Å². The summed E-state index contributed by atoms with van der Waals surface area (Å²) in [5.41, 5.74) is 0. The lowest BCUT2D eigenvalue weighted by atomic mass is 10.1. The van der Waals surface area contributed by atoms with Gasteiger partial charge in [-0.25, -0.2) is 0 Å². The van der Waals surface area contributed by atoms with Gasteiger partial charge in [0, 0.05) is 13.0 Å². The fraction of sp³-hybridized carbons (Fsp3) is 0.596. The Labute approximate surface area is 315 Å². The Hall–Kier alpha value is -2.95. The number of unbranched alkanes of at least 4 members (excludes halogenated alkanes) is 10. The van der Waals surface area contributed by atoms with Gasteiger partial charge in [0.2, 0.25) is 0 Å². The van der Waals surface area contributed by atoms with Gasteiger partial charge in [-0.05, 0) is 96.3 Å². The van der Waals surface area contributed by atoms with Crippen molar-refractivity contribution in [1.29, 1.82) is 0 Å². The number of allylic oxidation sites excluding steroid dienone is 18. The number of hydrogen-bond acceptors (Lipinski definition) is 4. The molecule has 0 radical (unpaired) electrons. The zero-order valence-electron chi connectivity index (χ0n) is 32.8. The molecule has 4 nitrogen and oxygen atoms in total. The van der Waals surface area contributed by atoms with Crippen molar-refractivity contribution in [3.63, 3.8) is 0 Å². The molecule has 1 unspecified atom stereocenters. The fourth-order valence-electron chi connectivity index (χ4n) is 5.11. The molecule has 0 aromatic rings. The number of aliphatic hydroxyl groups excluding tert-OH is 1. The standard InChI is InChI=1S/C47H76O4/c1-3-5-7-9-11-13-15-17-19-21-22-23-24-25-27-29-31-33-35-37-39-41-43-50-45-46(44-48)51-47(49)42-40-38-36-34-32-30-28-26-20-18-16-14-12-10-8-6-4-2/h5-8,11-14,17-20,22-23,25,27,31,33,46,48H,3-4,9-10,15-16,21,24,26,28-30,32,34-45H2,1-2H3/b7-5-,8-6-,13-11-,14-12-,19-17-,20-18-,23-22-,27-25-,33-31-. The molecule has 0 heterocycles. The molecule has 0 rings (SSSR count). The Balaban J connectivity index is 3.59. The Morgan fingerprint density at radius 3 is 1.24 bits per heavy atom. The van der Waals surface area contributed by atoms with E-state index >= 15 is 0 Å². The molecule has 0 spiro atoms. The van der Waals surface area contributed by atoms with Gasteiger partial charge in [0.1, 0.15) is 6.10 Å². The number of esters is 1. The zero-order valence-corrected chi connectivity index (χ0v) is 32.8. The predicted molar refractivity (Wildman–Crippen MR) is 223 cm³/mol. The van der Waals surface area contributed by atoms with Crippen molar-refractivity contribution in [2.24, 2.45) is 0 Å². The van der Waals surface area contributed by atoms with E-state index in [1.807, 2.05) is 0 Å². The largest absolute Gasteiger partial charge is 0.457 e. The van der Waals surface area contributed by atoms with Gasteiger partial charge in [-0.3, -0.25) is 4.79 Å². The topological polar surface area (TPSA) is 55.8 Å². The van der Waals surface area contributed by atoms with Crippen LogP contribution < -0.4 is 0 Å². The first-order valence-electron chi connectivity index (χ1n) is 20.5. The van der Waals surface area contributed by atoms with Crippen molar-refractivity contribution >= 4 is 5.97 Å². The summed E-state index contributed by atoms with van der Waals surface area (Å²) < 4.78 is 11.1. The van der Waals surface area contributed by atoms with Crippen molar-refractivity contribution < 1.29 is 19.4 Å². The highest BCUT2D eigenvalue weighted by molar-refractivity contribution is 5.69. The molecule has 0 aromatic carbocycles. The number of aliphatic hydroxyl groups is 1. The van der Waals surface area contributed by atoms with E-state index in [9.17, 15) is 9.90 Å². The Morgan fingerprint density at radius 2 is 0.824 bits per heavy atom. The lowest BCUT2D eigenvalue weighted by Gasteiger charge is -2.15. The van der Waals surface area contributed by atoms with Crippen molar-refractivity contribution in [2.45, 2.75) is 161 Å². The molecule has 0 aliphatic rings. The van der Waals surface area contributed by atoms with Crippen molar-refractivity contribution in [2.75, 3.05) is 19.8 Å². The quantitative estimate of drug-likeness (QED) is 0.0401. The molecular weight excluding hydrogens is 629 g/mol. The molecule has 0 fully saturated rings. The number of hydrogen-bond donors (Lipinski definition) is 1. The molecule has 51 heavy (non-hydrogen) atoms. The van der Waals surface area contributed by atoms with E-state index in [0.29, 0.717) is 13.0 Å². The van der Waals surface area contributed by atoms with E-state index < -0.39 is 6.10 Å². The summed E-state index contributed by atoms with van der Waals surface area (Å²) in [5, 5.41) is 9.59. The summed E-state index contributed by atoms with van der Waals surface area (Å²) in [6.07, 6.45) is 62.8. The smallest absolute Gasteiger partial charge is 0.306 e. The van der Waals surface area contributed by atoms with Crippen LogP contribution in [0.4, 0.5) is 0 Å². The normalized spacial score (nSPS) is 13.5. The van der Waals surface area contributed by atoms with Gasteiger partial charge >= 0.3 is 5.97 Å². The lowest BCUT2D eigenvalue weighted by molar-refractivity contribution is -0.154. The molecule has 0 aromatic heterocycles. The van der Waals surface area contributed by atoms with Crippen LogP contribution in [-0.2, 0) is 14.3 Å². The van der Waals surface area contributed by atoms with E-state index in [1.165, 1.54) is 25.7 Å². The van der Waals surface area contributed by atoms with Crippen molar-refractivity contribution in [3.05, 3.63) is 109 Å². The maximum Gasteiger partial charge on any atom is 0.306 e. The summed E-state index contributed by atoms with van der Waals surface area (Å²) >= 11 is 0. The van der Waals surface area contributed by atoms with Gasteiger partial charge in [-0.1, -0.05) is 162 Å². The molecule has 4 heteroatoms. The first-order valence-corrected chi connectivity index (χ1v) is 20.5. The van der Waals surface area contributed by atoms with Gasteiger partial charge in [-0.2, -0.15) is 0 Å². The van der Waals surface area contributed by atoms with Crippen molar-refractivity contribution in [3.8, 4) is 0 Å². The van der Waals surface area contributed by atoms with Crippen LogP contribution in [-0.4, -0.2) is 37.0 Å². The molecule has 0 bridgehead atoms. The van der Waals surface area contributed by atoms with Gasteiger partial charge in [0.25, 0.3) is 0 Å². The van der Waals surface area contributed by atoms with E-state index in [1.54, 1.807) is 0 Å². The third-order valence-electron chi connectivity index (χ3n) is 8.09. The molecule has 288 valence electrons. The average Bonchev–Trinajstić information content (AvgIpc) is 3.14. The van der Waals surface area contributed by atoms with Crippen LogP contribution in [0.25, 0.3) is 0 Å². The first-order chi connectivity index (χ1) is 25.2. The number of ether oxygens (including phenoxy) is 2. The fourth-order valence-corrected chi connectivity index (χ4v) is 5.11. The average molecular weight is 705 g/mol. The first kappa shape index (κ1) is 48.0. The Kier molecular flexibility index (Phi) is 40.7. The number of rotatable bonds is 36. The van der Waals surface area contributed by atoms with Crippen LogP contribution >= 0.6 is 0 Å². The van der Waals surface area contributed by atoms with Gasteiger partial charge in [-0.15, -0.1) is 0 Å². The molecule has 0 aliphatic carbocycles. The highest BCUT2D eigenvalue weighted by Crippen LogP contribution is 2.11. The van der Waals surface area contributed by atoms with Crippen molar-refractivity contribution in [1.82, 2.24) is 0 Å². The summed E-state index contributed by atoms with van der Waals surface area (Å²) in [4.78, 5) is 12.2. The van der Waals surface area contributed by atoms with E-state index in [4.69, 9.17) is 9.47 Å². The molecule has 0 saturated carbocycles. The van der Waals surface area contributed by atoms with E-state index in [0.717, 1.165) is 109 Å². The van der Waals surface area contributed by atoms with Gasteiger partial charge in [0.15, 0.2) is 0 Å². The minimum atomic E-state index is -0.565. The zero-order chi connectivity index (χ0) is 37.0. The Morgan fingerprint density at radius 1 is 0.471 bits per heavy atom. The summed E-state index contributed by atoms with van der Waals surface area (Å²) in [7, 11) is 0. The van der Waals surface area contributed by atoms with E-state index in [2.05, 4.69) is 123 Å². The molecule has 1 atom stereocenters. The van der Waals surface area contributed by atoms with Crippen LogP contribution in [0, 0.1) is 0 Å². The predicted octanol–water partition coefficient (Wildman–Crippen LogP) is 13.5. The third-order valence-corrected chi connectivity index (χ3v) is 8.09.